The Bertz CT molecular complexity index is 880. The largest absolute Gasteiger partial charge is 0.351 e. The lowest BCUT2D eigenvalue weighted by atomic mass is 9.64. The van der Waals surface area contributed by atoms with Crippen LogP contribution in [0.15, 0.2) is 46.8 Å². The summed E-state index contributed by atoms with van der Waals surface area (Å²) >= 11 is 6.11. The lowest BCUT2D eigenvalue weighted by molar-refractivity contribution is -0.119. The van der Waals surface area contributed by atoms with E-state index in [4.69, 9.17) is 11.6 Å². The van der Waals surface area contributed by atoms with Crippen molar-refractivity contribution in [3.63, 3.8) is 0 Å². The van der Waals surface area contributed by atoms with E-state index in [1.807, 2.05) is 31.3 Å². The van der Waals surface area contributed by atoms with Gasteiger partial charge in [-0.3, -0.25) is 9.59 Å². The number of hydrogen-bond acceptors (Lipinski definition) is 3. The van der Waals surface area contributed by atoms with Gasteiger partial charge in [0, 0.05) is 53.4 Å². The molecule has 2 aliphatic carbocycles. The van der Waals surface area contributed by atoms with Gasteiger partial charge in [-0.05, 0) is 41.4 Å². The number of hydrogen-bond donors (Lipinski definition) is 0. The number of rotatable bonds is 1. The molecule has 3 nitrogen and oxygen atoms in total. The Morgan fingerprint density at radius 3 is 1.68 bits per heavy atom. The molecule has 0 bridgehead atoms. The Kier molecular flexibility index (Phi) is 4.39. The zero-order valence-electron chi connectivity index (χ0n) is 17.4. The van der Waals surface area contributed by atoms with Gasteiger partial charge in [-0.25, -0.2) is 0 Å². The highest BCUT2D eigenvalue weighted by Gasteiger charge is 2.48. The van der Waals surface area contributed by atoms with Gasteiger partial charge in [0.15, 0.2) is 11.6 Å². The number of carbonyl (C=O) groups is 2. The molecule has 4 rings (SSSR count). The van der Waals surface area contributed by atoms with E-state index in [2.05, 4.69) is 32.6 Å². The third kappa shape index (κ3) is 3.14. The smallest absolute Gasteiger partial charge is 0.162 e. The normalized spacial score (nSPS) is 24.4. The number of benzene rings is 1. The van der Waals surface area contributed by atoms with Crippen LogP contribution in [0.25, 0.3) is 0 Å². The van der Waals surface area contributed by atoms with E-state index in [1.54, 1.807) is 0 Å². The second-order valence-electron chi connectivity index (χ2n) is 10.1. The van der Waals surface area contributed by atoms with Gasteiger partial charge < -0.3 is 4.90 Å². The van der Waals surface area contributed by atoms with Gasteiger partial charge in [-0.1, -0.05) is 51.4 Å². The Morgan fingerprint density at radius 2 is 1.25 bits per heavy atom. The van der Waals surface area contributed by atoms with Crippen molar-refractivity contribution >= 4 is 23.2 Å². The van der Waals surface area contributed by atoms with Gasteiger partial charge in [-0.15, -0.1) is 0 Å². The summed E-state index contributed by atoms with van der Waals surface area (Å²) in [6, 6.07) is 7.63. The molecule has 1 heterocycles. The maximum absolute atomic E-state index is 13.3. The van der Waals surface area contributed by atoms with Crippen LogP contribution in [0.1, 0.15) is 64.9 Å². The summed E-state index contributed by atoms with van der Waals surface area (Å²) < 4.78 is 0. The van der Waals surface area contributed by atoms with Gasteiger partial charge in [0.05, 0.1) is 0 Å². The Morgan fingerprint density at radius 1 is 0.821 bits per heavy atom. The molecule has 3 aliphatic rings. The molecule has 0 unspecified atom stereocenters. The van der Waals surface area contributed by atoms with Crippen molar-refractivity contribution in [2.45, 2.75) is 59.3 Å². The summed E-state index contributed by atoms with van der Waals surface area (Å²) in [6.45, 7) is 8.61. The van der Waals surface area contributed by atoms with E-state index in [-0.39, 0.29) is 28.3 Å². The van der Waals surface area contributed by atoms with E-state index < -0.39 is 0 Å². The predicted molar refractivity (Wildman–Crippen MR) is 112 cm³/mol. The van der Waals surface area contributed by atoms with Crippen LogP contribution in [0.5, 0.6) is 0 Å². The highest BCUT2D eigenvalue weighted by Crippen LogP contribution is 2.53. The van der Waals surface area contributed by atoms with Crippen molar-refractivity contribution < 1.29 is 9.59 Å². The van der Waals surface area contributed by atoms with Gasteiger partial charge in [0.25, 0.3) is 0 Å². The lowest BCUT2D eigenvalue weighted by Crippen LogP contribution is -2.43. The van der Waals surface area contributed by atoms with Crippen molar-refractivity contribution in [1.29, 1.82) is 0 Å². The molecule has 148 valence electrons. The summed E-state index contributed by atoms with van der Waals surface area (Å²) in [5.74, 6) is 0.0649. The third-order valence-corrected chi connectivity index (χ3v) is 6.64. The standard InChI is InChI=1S/C24H28ClNO2/c1-23(2)10-16-21(18(27)12-23)20(14-6-8-15(25)9-7-14)22-17(26(16)5)11-24(3,4)13-19(22)28/h6-9,20H,10-13H2,1-5H3. The first kappa shape index (κ1) is 19.4. The van der Waals surface area contributed by atoms with Gasteiger partial charge in [0.2, 0.25) is 0 Å². The second-order valence-corrected chi connectivity index (χ2v) is 10.6. The van der Waals surface area contributed by atoms with Crippen LogP contribution in [0.4, 0.5) is 0 Å². The molecule has 0 radical (unpaired) electrons. The number of allylic oxidation sites excluding steroid dienone is 4. The highest BCUT2D eigenvalue weighted by atomic mass is 35.5. The highest BCUT2D eigenvalue weighted by molar-refractivity contribution is 6.30. The third-order valence-electron chi connectivity index (χ3n) is 6.38. The number of nitrogens with zero attached hydrogens (tertiary/aromatic N) is 1. The maximum atomic E-state index is 13.3. The number of ketones is 2. The molecule has 0 spiro atoms. The molecular formula is C24H28ClNO2. The minimum absolute atomic E-state index is 0.0685. The zero-order chi connectivity index (χ0) is 20.4. The van der Waals surface area contributed by atoms with Crippen molar-refractivity contribution in [3.8, 4) is 0 Å². The first-order valence-electron chi connectivity index (χ1n) is 10.0. The van der Waals surface area contributed by atoms with Crippen LogP contribution in [0.2, 0.25) is 5.02 Å². The summed E-state index contributed by atoms with van der Waals surface area (Å²) in [6.07, 6.45) is 2.73. The van der Waals surface area contributed by atoms with E-state index in [9.17, 15) is 9.59 Å². The summed E-state index contributed by atoms with van der Waals surface area (Å²) in [4.78, 5) is 28.8. The monoisotopic (exact) mass is 397 g/mol. The molecule has 0 saturated heterocycles. The van der Waals surface area contributed by atoms with Crippen LogP contribution in [-0.2, 0) is 9.59 Å². The first-order valence-corrected chi connectivity index (χ1v) is 10.4. The van der Waals surface area contributed by atoms with Gasteiger partial charge in [0.1, 0.15) is 0 Å². The van der Waals surface area contributed by atoms with Crippen LogP contribution in [-0.4, -0.2) is 23.5 Å². The number of carbonyl (C=O) groups excluding carboxylic acids is 2. The fourth-order valence-corrected chi connectivity index (χ4v) is 5.28. The predicted octanol–water partition coefficient (Wildman–Crippen LogP) is 5.66. The second kappa shape index (κ2) is 6.32. The first-order chi connectivity index (χ1) is 13.0. The molecule has 1 aliphatic heterocycles. The maximum Gasteiger partial charge on any atom is 0.162 e. The molecule has 28 heavy (non-hydrogen) atoms. The zero-order valence-corrected chi connectivity index (χ0v) is 18.1. The SMILES string of the molecule is CN1C2=C(C(=O)CC(C)(C)C2)C(c2ccc(Cl)cc2)C2=C1CC(C)(C)CC2=O. The fourth-order valence-electron chi connectivity index (χ4n) is 5.15. The van der Waals surface area contributed by atoms with E-state index in [0.29, 0.717) is 17.9 Å². The number of halogens is 1. The Balaban J connectivity index is 1.96. The molecule has 0 N–H and O–H groups in total. The van der Waals surface area contributed by atoms with Gasteiger partial charge in [-0.2, -0.15) is 0 Å². The average molecular weight is 398 g/mol. The molecule has 0 amide bonds. The fraction of sp³-hybridized carbons (Fsp3) is 0.500. The minimum Gasteiger partial charge on any atom is -0.351 e. The summed E-state index contributed by atoms with van der Waals surface area (Å²) in [5.41, 5.74) is 4.66. The molecule has 0 saturated carbocycles. The molecular weight excluding hydrogens is 370 g/mol. The van der Waals surface area contributed by atoms with Crippen molar-refractivity contribution in [3.05, 3.63) is 57.4 Å². The summed E-state index contributed by atoms with van der Waals surface area (Å²) in [7, 11) is 2.03. The van der Waals surface area contributed by atoms with Crippen LogP contribution in [0.3, 0.4) is 0 Å². The van der Waals surface area contributed by atoms with Crippen LogP contribution < -0.4 is 0 Å². The van der Waals surface area contributed by atoms with E-state index in [1.165, 1.54) is 0 Å². The molecule has 0 aromatic heterocycles. The molecule has 1 aromatic rings. The average Bonchev–Trinajstić information content (AvgIpc) is 2.56. The van der Waals surface area contributed by atoms with E-state index in [0.717, 1.165) is 40.9 Å². The lowest BCUT2D eigenvalue weighted by Gasteiger charge is -2.47. The van der Waals surface area contributed by atoms with Gasteiger partial charge >= 0.3 is 0 Å². The number of Topliss-reactive ketones (excluding diaryl/α,β-unsaturated/α-hetero) is 2. The minimum atomic E-state index is -0.273. The van der Waals surface area contributed by atoms with E-state index >= 15 is 0 Å². The van der Waals surface area contributed by atoms with Crippen molar-refractivity contribution in [2.75, 3.05) is 7.05 Å². The topological polar surface area (TPSA) is 37.4 Å². The molecule has 1 aromatic carbocycles. The van der Waals surface area contributed by atoms with Crippen LogP contribution >= 0.6 is 11.6 Å². The van der Waals surface area contributed by atoms with Crippen LogP contribution in [0, 0.1) is 10.8 Å². The van der Waals surface area contributed by atoms with Crippen molar-refractivity contribution in [2.24, 2.45) is 10.8 Å². The quantitative estimate of drug-likeness (QED) is 0.613. The molecule has 0 atom stereocenters. The Hall–Kier alpha value is -1.87. The molecule has 4 heteroatoms. The molecule has 0 fully saturated rings. The summed E-state index contributed by atoms with van der Waals surface area (Å²) in [5, 5.41) is 0.660. The Labute approximate surface area is 172 Å². The van der Waals surface area contributed by atoms with Crippen molar-refractivity contribution in [1.82, 2.24) is 4.90 Å².